The molecule has 0 bridgehead atoms. The maximum absolute atomic E-state index is 5.72. The number of nitrogens with one attached hydrogen (secondary N) is 1. The van der Waals surface area contributed by atoms with Crippen molar-refractivity contribution in [1.82, 2.24) is 0 Å². The number of hydrogen-bond donors (Lipinski definition) is 2. The summed E-state index contributed by atoms with van der Waals surface area (Å²) in [5.74, 6) is 0. The lowest BCUT2D eigenvalue weighted by molar-refractivity contribution is 0.105. The summed E-state index contributed by atoms with van der Waals surface area (Å²) in [5, 5.41) is 3.66. The Morgan fingerprint density at radius 1 is 1.00 bits per heavy atom. The van der Waals surface area contributed by atoms with Crippen molar-refractivity contribution in [2.45, 2.75) is 53.0 Å². The Balaban J connectivity index is 2.07. The standard InChI is InChI=1S/C16H26N2/c1-15(2)9-14(10-16(3,4)11-15)18-13-7-5-12(17)6-8-13/h5-8,14,18H,9-11,17H2,1-4H3. The van der Waals surface area contributed by atoms with Gasteiger partial charge >= 0.3 is 0 Å². The van der Waals surface area contributed by atoms with Crippen molar-refractivity contribution in [2.75, 3.05) is 11.1 Å². The van der Waals surface area contributed by atoms with Crippen molar-refractivity contribution in [3.05, 3.63) is 24.3 Å². The maximum Gasteiger partial charge on any atom is 0.0343 e. The molecule has 0 saturated heterocycles. The summed E-state index contributed by atoms with van der Waals surface area (Å²) >= 11 is 0. The monoisotopic (exact) mass is 246 g/mol. The smallest absolute Gasteiger partial charge is 0.0343 e. The van der Waals surface area contributed by atoms with Gasteiger partial charge in [0.25, 0.3) is 0 Å². The Labute approximate surface area is 111 Å². The molecule has 0 amide bonds. The fourth-order valence-corrected chi connectivity index (χ4v) is 3.76. The molecule has 1 aromatic carbocycles. The molecule has 2 rings (SSSR count). The molecule has 18 heavy (non-hydrogen) atoms. The van der Waals surface area contributed by atoms with E-state index in [-0.39, 0.29) is 0 Å². The molecule has 3 N–H and O–H groups in total. The zero-order valence-electron chi connectivity index (χ0n) is 12.1. The number of hydrogen-bond acceptors (Lipinski definition) is 2. The molecule has 2 heteroatoms. The molecular weight excluding hydrogens is 220 g/mol. The first-order chi connectivity index (χ1) is 8.26. The van der Waals surface area contributed by atoms with Crippen LogP contribution in [-0.4, -0.2) is 6.04 Å². The number of nitrogens with two attached hydrogens (primary N) is 1. The quantitative estimate of drug-likeness (QED) is 0.764. The lowest BCUT2D eigenvalue weighted by Crippen LogP contribution is -2.40. The Morgan fingerprint density at radius 3 is 2.00 bits per heavy atom. The Morgan fingerprint density at radius 2 is 1.50 bits per heavy atom. The summed E-state index contributed by atoms with van der Waals surface area (Å²) < 4.78 is 0. The van der Waals surface area contributed by atoms with E-state index in [2.05, 4.69) is 45.1 Å². The van der Waals surface area contributed by atoms with E-state index in [0.717, 1.165) is 5.69 Å². The highest BCUT2D eigenvalue weighted by molar-refractivity contribution is 5.51. The van der Waals surface area contributed by atoms with Crippen molar-refractivity contribution < 1.29 is 0 Å². The van der Waals surface area contributed by atoms with Gasteiger partial charge in [0.15, 0.2) is 0 Å². The first-order valence-electron chi connectivity index (χ1n) is 6.88. The van der Waals surface area contributed by atoms with Crippen LogP contribution in [0.2, 0.25) is 0 Å². The highest BCUT2D eigenvalue weighted by Gasteiger charge is 2.38. The summed E-state index contributed by atoms with van der Waals surface area (Å²) in [6, 6.07) is 8.63. The van der Waals surface area contributed by atoms with Crippen LogP contribution in [0.5, 0.6) is 0 Å². The van der Waals surface area contributed by atoms with Crippen molar-refractivity contribution >= 4 is 11.4 Å². The third-order valence-corrected chi connectivity index (χ3v) is 3.84. The van der Waals surface area contributed by atoms with Gasteiger partial charge < -0.3 is 11.1 Å². The minimum atomic E-state index is 0.424. The molecule has 0 spiro atoms. The third kappa shape index (κ3) is 3.41. The van der Waals surface area contributed by atoms with E-state index in [4.69, 9.17) is 5.73 Å². The molecule has 0 atom stereocenters. The van der Waals surface area contributed by atoms with Crippen LogP contribution < -0.4 is 11.1 Å². The van der Waals surface area contributed by atoms with E-state index in [1.165, 1.54) is 24.9 Å². The topological polar surface area (TPSA) is 38.0 Å². The van der Waals surface area contributed by atoms with Crippen LogP contribution in [0.3, 0.4) is 0 Å². The molecule has 1 aliphatic carbocycles. The Hall–Kier alpha value is -1.18. The lowest BCUT2D eigenvalue weighted by atomic mass is 9.63. The molecule has 0 aliphatic heterocycles. The predicted molar refractivity (Wildman–Crippen MR) is 79.7 cm³/mol. The number of benzene rings is 1. The molecule has 1 saturated carbocycles. The average molecular weight is 246 g/mol. The van der Waals surface area contributed by atoms with E-state index in [9.17, 15) is 0 Å². The van der Waals surface area contributed by atoms with Crippen LogP contribution in [0.15, 0.2) is 24.3 Å². The van der Waals surface area contributed by atoms with Crippen LogP contribution in [-0.2, 0) is 0 Å². The Kier molecular flexibility index (Phi) is 3.31. The van der Waals surface area contributed by atoms with Gasteiger partial charge in [0.1, 0.15) is 0 Å². The zero-order valence-corrected chi connectivity index (χ0v) is 12.1. The number of rotatable bonds is 2. The summed E-state index contributed by atoms with van der Waals surface area (Å²) in [7, 11) is 0. The van der Waals surface area contributed by atoms with Gasteiger partial charge in [-0.05, 0) is 54.4 Å². The molecule has 0 heterocycles. The van der Waals surface area contributed by atoms with Crippen molar-refractivity contribution in [1.29, 1.82) is 0 Å². The molecule has 100 valence electrons. The normalized spacial score (nSPS) is 22.7. The minimum absolute atomic E-state index is 0.424. The maximum atomic E-state index is 5.72. The van der Waals surface area contributed by atoms with Crippen molar-refractivity contribution in [3.8, 4) is 0 Å². The second-order valence-corrected chi connectivity index (χ2v) is 7.38. The third-order valence-electron chi connectivity index (χ3n) is 3.84. The van der Waals surface area contributed by atoms with Crippen LogP contribution in [0.25, 0.3) is 0 Å². The average Bonchev–Trinajstić information content (AvgIpc) is 2.16. The fourth-order valence-electron chi connectivity index (χ4n) is 3.76. The molecular formula is C16H26N2. The second-order valence-electron chi connectivity index (χ2n) is 7.38. The van der Waals surface area contributed by atoms with Gasteiger partial charge in [-0.1, -0.05) is 27.7 Å². The summed E-state index contributed by atoms with van der Waals surface area (Å²) in [6.07, 6.45) is 3.78. The molecule has 2 nitrogen and oxygen atoms in total. The first kappa shape index (κ1) is 13.3. The fraction of sp³-hybridized carbons (Fsp3) is 0.625. The molecule has 1 aromatic rings. The summed E-state index contributed by atoms with van der Waals surface area (Å²) in [4.78, 5) is 0. The van der Waals surface area contributed by atoms with Crippen LogP contribution in [0, 0.1) is 10.8 Å². The number of nitrogen functional groups attached to an aromatic ring is 1. The number of anilines is 2. The van der Waals surface area contributed by atoms with E-state index < -0.39 is 0 Å². The molecule has 0 unspecified atom stereocenters. The lowest BCUT2D eigenvalue weighted by Gasteiger charge is -2.45. The van der Waals surface area contributed by atoms with Gasteiger partial charge in [-0.2, -0.15) is 0 Å². The van der Waals surface area contributed by atoms with Crippen LogP contribution in [0.1, 0.15) is 47.0 Å². The van der Waals surface area contributed by atoms with Gasteiger partial charge in [-0.3, -0.25) is 0 Å². The SMILES string of the molecule is CC1(C)CC(Nc2ccc(N)cc2)CC(C)(C)C1. The molecule has 1 fully saturated rings. The van der Waals surface area contributed by atoms with Crippen molar-refractivity contribution in [3.63, 3.8) is 0 Å². The van der Waals surface area contributed by atoms with Gasteiger partial charge in [-0.15, -0.1) is 0 Å². The summed E-state index contributed by atoms with van der Waals surface area (Å²) in [5.41, 5.74) is 8.57. The second kappa shape index (κ2) is 4.49. The minimum Gasteiger partial charge on any atom is -0.399 e. The van der Waals surface area contributed by atoms with E-state index >= 15 is 0 Å². The molecule has 0 aromatic heterocycles. The first-order valence-corrected chi connectivity index (χ1v) is 6.88. The predicted octanol–water partition coefficient (Wildman–Crippen LogP) is 4.29. The highest BCUT2D eigenvalue weighted by atomic mass is 14.9. The highest BCUT2D eigenvalue weighted by Crippen LogP contribution is 2.46. The Bertz CT molecular complexity index is 388. The zero-order chi connectivity index (χ0) is 13.4. The van der Waals surface area contributed by atoms with Crippen molar-refractivity contribution in [2.24, 2.45) is 10.8 Å². The van der Waals surface area contributed by atoms with E-state index in [0.29, 0.717) is 16.9 Å². The van der Waals surface area contributed by atoms with E-state index in [1.807, 2.05) is 12.1 Å². The van der Waals surface area contributed by atoms with Crippen LogP contribution in [0.4, 0.5) is 11.4 Å². The largest absolute Gasteiger partial charge is 0.399 e. The van der Waals surface area contributed by atoms with Gasteiger partial charge in [0.2, 0.25) is 0 Å². The molecule has 1 aliphatic rings. The van der Waals surface area contributed by atoms with Crippen LogP contribution >= 0.6 is 0 Å². The van der Waals surface area contributed by atoms with Gasteiger partial charge in [0, 0.05) is 17.4 Å². The summed E-state index contributed by atoms with van der Waals surface area (Å²) in [6.45, 7) is 9.52. The molecule has 0 radical (unpaired) electrons. The van der Waals surface area contributed by atoms with Gasteiger partial charge in [-0.25, -0.2) is 0 Å². The van der Waals surface area contributed by atoms with E-state index in [1.54, 1.807) is 0 Å². The van der Waals surface area contributed by atoms with Gasteiger partial charge in [0.05, 0.1) is 0 Å².